The Bertz CT molecular complexity index is 107. The van der Waals surface area contributed by atoms with E-state index in [4.69, 9.17) is 11.6 Å². The summed E-state index contributed by atoms with van der Waals surface area (Å²) in [5.74, 6) is 0. The molecule has 3 heteroatoms. The van der Waals surface area contributed by atoms with Gasteiger partial charge in [0.05, 0.1) is 6.04 Å². The van der Waals surface area contributed by atoms with E-state index < -0.39 is 0 Å². The summed E-state index contributed by atoms with van der Waals surface area (Å²) in [6.07, 6.45) is 3.83. The van der Waals surface area contributed by atoms with Gasteiger partial charge in [-0.25, -0.2) is 0 Å². The van der Waals surface area contributed by atoms with Gasteiger partial charge in [0, 0.05) is 5.38 Å². The fourth-order valence-corrected chi connectivity index (χ4v) is 1.56. The molecule has 1 aliphatic carbocycles. The minimum absolute atomic E-state index is 0.00116. The lowest BCUT2D eigenvalue weighted by atomic mass is 9.96. The van der Waals surface area contributed by atoms with Gasteiger partial charge in [-0.15, -0.1) is 11.6 Å². The first-order valence-corrected chi connectivity index (χ1v) is 3.73. The predicted octanol–water partition coefficient (Wildman–Crippen LogP) is 2.30. The minimum Gasteiger partial charge on any atom is -0.151 e. The summed E-state index contributed by atoms with van der Waals surface area (Å²) in [4.78, 5) is 10.00. The average molecular weight is 148 g/mol. The second-order valence-corrected chi connectivity index (χ2v) is 3.14. The third-order valence-electron chi connectivity index (χ3n) is 1.73. The van der Waals surface area contributed by atoms with Gasteiger partial charge in [0.25, 0.3) is 0 Å². The number of hydrogen-bond donors (Lipinski definition) is 0. The zero-order valence-electron chi connectivity index (χ0n) is 5.22. The normalized spacial score (nSPS) is 36.1. The quantitative estimate of drug-likeness (QED) is 0.414. The summed E-state index contributed by atoms with van der Waals surface area (Å²) in [5.41, 5.74) is 0. The van der Waals surface area contributed by atoms with Crippen LogP contribution in [0.5, 0.6) is 0 Å². The van der Waals surface area contributed by atoms with E-state index in [0.29, 0.717) is 0 Å². The maximum atomic E-state index is 10.00. The van der Waals surface area contributed by atoms with Gasteiger partial charge >= 0.3 is 0 Å². The van der Waals surface area contributed by atoms with E-state index in [-0.39, 0.29) is 11.4 Å². The van der Waals surface area contributed by atoms with Crippen LogP contribution in [0.3, 0.4) is 0 Å². The van der Waals surface area contributed by atoms with E-state index >= 15 is 0 Å². The average Bonchev–Trinajstić information content (AvgIpc) is 1.88. The Kier molecular flexibility index (Phi) is 2.46. The Morgan fingerprint density at radius 3 is 2.67 bits per heavy atom. The van der Waals surface area contributed by atoms with Crippen molar-refractivity contribution >= 4 is 11.6 Å². The van der Waals surface area contributed by atoms with E-state index in [2.05, 4.69) is 5.18 Å². The first-order chi connectivity index (χ1) is 4.33. The third-order valence-corrected chi connectivity index (χ3v) is 2.13. The minimum atomic E-state index is 0.00116. The Morgan fingerprint density at radius 1 is 1.44 bits per heavy atom. The molecule has 1 rings (SSSR count). The molecule has 0 aromatic rings. The highest BCUT2D eigenvalue weighted by Gasteiger charge is 2.19. The van der Waals surface area contributed by atoms with Crippen LogP contribution in [-0.4, -0.2) is 11.4 Å². The number of rotatable bonds is 1. The highest BCUT2D eigenvalue weighted by atomic mass is 35.5. The lowest BCUT2D eigenvalue weighted by molar-refractivity contribution is 0.447. The van der Waals surface area contributed by atoms with Crippen molar-refractivity contribution in [3.05, 3.63) is 4.91 Å². The molecule has 0 spiro atoms. The second-order valence-electron chi connectivity index (χ2n) is 2.52. The SMILES string of the molecule is O=N[C@@H]1CCC[C@H](Cl)C1. The molecule has 0 N–H and O–H groups in total. The van der Waals surface area contributed by atoms with Crippen molar-refractivity contribution in [3.63, 3.8) is 0 Å². The van der Waals surface area contributed by atoms with Crippen molar-refractivity contribution in [1.29, 1.82) is 0 Å². The molecular formula is C6H10ClNO. The van der Waals surface area contributed by atoms with Crippen molar-refractivity contribution in [1.82, 2.24) is 0 Å². The molecule has 0 heterocycles. The van der Waals surface area contributed by atoms with Crippen LogP contribution in [0.1, 0.15) is 25.7 Å². The largest absolute Gasteiger partial charge is 0.151 e. The third kappa shape index (κ3) is 1.94. The molecule has 0 amide bonds. The van der Waals surface area contributed by atoms with Crippen molar-refractivity contribution in [2.24, 2.45) is 5.18 Å². The van der Waals surface area contributed by atoms with Crippen LogP contribution < -0.4 is 0 Å². The number of alkyl halides is 1. The van der Waals surface area contributed by atoms with Crippen LogP contribution in [0.15, 0.2) is 5.18 Å². The summed E-state index contributed by atoms with van der Waals surface area (Å²) < 4.78 is 0. The fraction of sp³-hybridized carbons (Fsp3) is 1.00. The van der Waals surface area contributed by atoms with E-state index in [0.717, 1.165) is 25.7 Å². The molecule has 0 unspecified atom stereocenters. The number of nitrogens with zero attached hydrogens (tertiary/aromatic N) is 1. The molecule has 2 atom stereocenters. The fourth-order valence-electron chi connectivity index (χ4n) is 1.20. The zero-order valence-corrected chi connectivity index (χ0v) is 5.97. The maximum absolute atomic E-state index is 10.00. The Hall–Kier alpha value is -0.110. The van der Waals surface area contributed by atoms with Crippen LogP contribution >= 0.6 is 11.6 Å². The first kappa shape index (κ1) is 7.00. The molecule has 0 radical (unpaired) electrons. The van der Waals surface area contributed by atoms with Gasteiger partial charge in [-0.1, -0.05) is 5.18 Å². The zero-order chi connectivity index (χ0) is 6.69. The van der Waals surface area contributed by atoms with Gasteiger partial charge in [-0.3, -0.25) is 0 Å². The molecule has 1 aliphatic rings. The smallest absolute Gasteiger partial charge is 0.0933 e. The first-order valence-electron chi connectivity index (χ1n) is 3.29. The van der Waals surface area contributed by atoms with Crippen LogP contribution in [0, 0.1) is 4.91 Å². The van der Waals surface area contributed by atoms with Gasteiger partial charge < -0.3 is 0 Å². The molecule has 9 heavy (non-hydrogen) atoms. The van der Waals surface area contributed by atoms with Crippen LogP contribution in [-0.2, 0) is 0 Å². The number of nitroso groups, excluding NO2 is 1. The van der Waals surface area contributed by atoms with E-state index in [9.17, 15) is 4.91 Å². The molecule has 0 bridgehead atoms. The Balaban J connectivity index is 2.31. The lowest BCUT2D eigenvalue weighted by Crippen LogP contribution is -2.17. The van der Waals surface area contributed by atoms with Crippen LogP contribution in [0.4, 0.5) is 0 Å². The van der Waals surface area contributed by atoms with E-state index in [1.807, 2.05) is 0 Å². The van der Waals surface area contributed by atoms with Crippen molar-refractivity contribution in [2.75, 3.05) is 0 Å². The summed E-state index contributed by atoms with van der Waals surface area (Å²) in [5, 5.41) is 3.16. The lowest BCUT2D eigenvalue weighted by Gasteiger charge is -2.18. The summed E-state index contributed by atoms with van der Waals surface area (Å²) in [6, 6.07) is 0.00116. The van der Waals surface area contributed by atoms with Gasteiger partial charge in [-0.2, -0.15) is 4.91 Å². The highest BCUT2D eigenvalue weighted by molar-refractivity contribution is 6.20. The molecule has 0 aliphatic heterocycles. The molecule has 52 valence electrons. The van der Waals surface area contributed by atoms with Gasteiger partial charge in [0.1, 0.15) is 0 Å². The summed E-state index contributed by atoms with van der Waals surface area (Å²) >= 11 is 5.79. The molecule has 1 fully saturated rings. The Labute approximate surface area is 59.6 Å². The monoisotopic (exact) mass is 147 g/mol. The molecule has 0 saturated heterocycles. The maximum Gasteiger partial charge on any atom is 0.0933 e. The summed E-state index contributed by atoms with van der Waals surface area (Å²) in [7, 11) is 0. The standard InChI is InChI=1S/C6H10ClNO/c7-5-2-1-3-6(4-5)8-9/h5-6H,1-4H2/t5-,6+/m0/s1. The molecular weight excluding hydrogens is 138 g/mol. The van der Waals surface area contributed by atoms with Crippen LogP contribution in [0.25, 0.3) is 0 Å². The van der Waals surface area contributed by atoms with Crippen molar-refractivity contribution in [3.8, 4) is 0 Å². The topological polar surface area (TPSA) is 29.4 Å². The number of halogens is 1. The van der Waals surface area contributed by atoms with Crippen LogP contribution in [0.2, 0.25) is 0 Å². The molecule has 0 aromatic heterocycles. The predicted molar refractivity (Wildman–Crippen MR) is 37.7 cm³/mol. The van der Waals surface area contributed by atoms with Crippen molar-refractivity contribution in [2.45, 2.75) is 37.1 Å². The molecule has 0 aromatic carbocycles. The van der Waals surface area contributed by atoms with Crippen molar-refractivity contribution < 1.29 is 0 Å². The molecule has 2 nitrogen and oxygen atoms in total. The Morgan fingerprint density at radius 2 is 2.22 bits per heavy atom. The molecule has 1 saturated carbocycles. The highest BCUT2D eigenvalue weighted by Crippen LogP contribution is 2.24. The summed E-state index contributed by atoms with van der Waals surface area (Å²) in [6.45, 7) is 0. The second kappa shape index (κ2) is 3.16. The van der Waals surface area contributed by atoms with Gasteiger partial charge in [-0.05, 0) is 25.7 Å². The number of hydrogen-bond acceptors (Lipinski definition) is 2. The van der Waals surface area contributed by atoms with E-state index in [1.54, 1.807) is 0 Å². The van der Waals surface area contributed by atoms with E-state index in [1.165, 1.54) is 0 Å². The van der Waals surface area contributed by atoms with Gasteiger partial charge in [0.2, 0.25) is 0 Å². The van der Waals surface area contributed by atoms with Gasteiger partial charge in [0.15, 0.2) is 0 Å².